The maximum Gasteiger partial charge on any atom is 0.243 e. The lowest BCUT2D eigenvalue weighted by molar-refractivity contribution is 0.882. The molecule has 2 heterocycles. The molecule has 1 aliphatic heterocycles. The SMILES string of the molecule is NNc1nc(Nc2cccc(Cl)c2)nc(N2CCCC2)n1. The second-order valence-electron chi connectivity index (χ2n) is 4.76. The van der Waals surface area contributed by atoms with Gasteiger partial charge in [0.1, 0.15) is 0 Å². The monoisotopic (exact) mass is 305 g/mol. The molecule has 0 amide bonds. The van der Waals surface area contributed by atoms with Crippen LogP contribution in [0.4, 0.5) is 23.5 Å². The highest BCUT2D eigenvalue weighted by atomic mass is 35.5. The van der Waals surface area contributed by atoms with Gasteiger partial charge in [0.2, 0.25) is 17.8 Å². The third-order valence-corrected chi connectivity index (χ3v) is 3.46. The normalized spacial score (nSPS) is 14.3. The maximum atomic E-state index is 5.97. The van der Waals surface area contributed by atoms with E-state index >= 15 is 0 Å². The van der Waals surface area contributed by atoms with Gasteiger partial charge in [0.25, 0.3) is 0 Å². The summed E-state index contributed by atoms with van der Waals surface area (Å²) in [5.74, 6) is 6.82. The molecule has 0 aliphatic carbocycles. The Kier molecular flexibility index (Phi) is 4.03. The molecule has 0 bridgehead atoms. The number of halogens is 1. The Balaban J connectivity index is 1.88. The van der Waals surface area contributed by atoms with Crippen LogP contribution in [0.5, 0.6) is 0 Å². The van der Waals surface area contributed by atoms with Crippen LogP contribution in [0.3, 0.4) is 0 Å². The number of nitrogens with zero attached hydrogens (tertiary/aromatic N) is 4. The number of nitrogens with one attached hydrogen (secondary N) is 2. The summed E-state index contributed by atoms with van der Waals surface area (Å²) in [5, 5.41) is 3.76. The molecule has 1 aliphatic rings. The van der Waals surface area contributed by atoms with Crippen LogP contribution in [0.25, 0.3) is 0 Å². The van der Waals surface area contributed by atoms with E-state index in [-0.39, 0.29) is 0 Å². The number of aromatic nitrogens is 3. The predicted molar refractivity (Wildman–Crippen MR) is 83.8 cm³/mol. The first-order valence-corrected chi connectivity index (χ1v) is 7.12. The van der Waals surface area contributed by atoms with Crippen molar-refractivity contribution in [2.24, 2.45) is 5.84 Å². The van der Waals surface area contributed by atoms with E-state index in [1.807, 2.05) is 18.2 Å². The summed E-state index contributed by atoms with van der Waals surface area (Å²) in [5.41, 5.74) is 3.28. The van der Waals surface area contributed by atoms with Gasteiger partial charge in [-0.15, -0.1) is 0 Å². The number of hydrazine groups is 1. The zero-order chi connectivity index (χ0) is 14.7. The number of benzene rings is 1. The van der Waals surface area contributed by atoms with Crippen LogP contribution in [0, 0.1) is 0 Å². The molecule has 0 radical (unpaired) electrons. The Hall–Kier alpha value is -2.12. The minimum atomic E-state index is 0.330. The Labute approximate surface area is 127 Å². The zero-order valence-corrected chi connectivity index (χ0v) is 12.1. The summed E-state index contributed by atoms with van der Waals surface area (Å²) in [7, 11) is 0. The molecule has 8 heteroatoms. The first kappa shape index (κ1) is 13.8. The van der Waals surface area contributed by atoms with E-state index in [2.05, 4.69) is 30.6 Å². The molecule has 4 N–H and O–H groups in total. The highest BCUT2D eigenvalue weighted by Crippen LogP contribution is 2.22. The molecular weight excluding hydrogens is 290 g/mol. The summed E-state index contributed by atoms with van der Waals surface area (Å²) >= 11 is 5.97. The summed E-state index contributed by atoms with van der Waals surface area (Å²) in [6.45, 7) is 1.90. The van der Waals surface area contributed by atoms with Crippen molar-refractivity contribution in [3.63, 3.8) is 0 Å². The lowest BCUT2D eigenvalue weighted by atomic mass is 10.3. The van der Waals surface area contributed by atoms with Crippen LogP contribution in [0.15, 0.2) is 24.3 Å². The maximum absolute atomic E-state index is 5.97. The number of anilines is 4. The second kappa shape index (κ2) is 6.11. The highest BCUT2D eigenvalue weighted by Gasteiger charge is 2.17. The van der Waals surface area contributed by atoms with Crippen LogP contribution >= 0.6 is 11.6 Å². The molecule has 1 aromatic carbocycles. The summed E-state index contributed by atoms with van der Waals surface area (Å²) < 4.78 is 0. The van der Waals surface area contributed by atoms with E-state index in [0.29, 0.717) is 22.9 Å². The van der Waals surface area contributed by atoms with Gasteiger partial charge in [-0.3, -0.25) is 5.43 Å². The molecule has 0 saturated carbocycles. The van der Waals surface area contributed by atoms with Gasteiger partial charge in [-0.2, -0.15) is 15.0 Å². The van der Waals surface area contributed by atoms with Crippen molar-refractivity contribution in [2.75, 3.05) is 28.7 Å². The van der Waals surface area contributed by atoms with Crippen LogP contribution in [0.1, 0.15) is 12.8 Å². The van der Waals surface area contributed by atoms with Crippen LogP contribution in [0.2, 0.25) is 5.02 Å². The number of nitrogen functional groups attached to an aromatic ring is 1. The van der Waals surface area contributed by atoms with E-state index in [1.165, 1.54) is 0 Å². The Morgan fingerprint density at radius 1 is 1.10 bits per heavy atom. The van der Waals surface area contributed by atoms with Crippen LogP contribution < -0.4 is 21.5 Å². The number of rotatable bonds is 4. The summed E-state index contributed by atoms with van der Waals surface area (Å²) in [6.07, 6.45) is 2.29. The molecule has 21 heavy (non-hydrogen) atoms. The second-order valence-corrected chi connectivity index (χ2v) is 5.19. The molecule has 7 nitrogen and oxygen atoms in total. The number of hydrogen-bond donors (Lipinski definition) is 3. The van der Waals surface area contributed by atoms with Crippen molar-refractivity contribution in [1.82, 2.24) is 15.0 Å². The predicted octanol–water partition coefficient (Wildman–Crippen LogP) is 2.15. The molecular formula is C13H16ClN7. The minimum Gasteiger partial charge on any atom is -0.341 e. The molecule has 1 saturated heterocycles. The molecule has 2 aromatic rings. The molecule has 0 unspecified atom stereocenters. The third-order valence-electron chi connectivity index (χ3n) is 3.22. The van der Waals surface area contributed by atoms with Gasteiger partial charge in [-0.25, -0.2) is 5.84 Å². The fourth-order valence-electron chi connectivity index (χ4n) is 2.24. The van der Waals surface area contributed by atoms with Crippen molar-refractivity contribution in [3.05, 3.63) is 29.3 Å². The first-order valence-electron chi connectivity index (χ1n) is 6.75. The van der Waals surface area contributed by atoms with E-state index in [0.717, 1.165) is 31.6 Å². The molecule has 110 valence electrons. The molecule has 0 spiro atoms. The molecule has 1 fully saturated rings. The Morgan fingerprint density at radius 2 is 1.86 bits per heavy atom. The van der Waals surface area contributed by atoms with Crippen molar-refractivity contribution in [2.45, 2.75) is 12.8 Å². The zero-order valence-electron chi connectivity index (χ0n) is 11.4. The van der Waals surface area contributed by atoms with Crippen molar-refractivity contribution in [1.29, 1.82) is 0 Å². The van der Waals surface area contributed by atoms with Gasteiger partial charge in [0.05, 0.1) is 0 Å². The minimum absolute atomic E-state index is 0.330. The number of nitrogens with two attached hydrogens (primary N) is 1. The highest BCUT2D eigenvalue weighted by molar-refractivity contribution is 6.30. The topological polar surface area (TPSA) is 92.0 Å². The lowest BCUT2D eigenvalue weighted by Crippen LogP contribution is -2.23. The molecule has 0 atom stereocenters. The fourth-order valence-corrected chi connectivity index (χ4v) is 2.43. The largest absolute Gasteiger partial charge is 0.341 e. The van der Waals surface area contributed by atoms with E-state index < -0.39 is 0 Å². The molecule has 3 rings (SSSR count). The van der Waals surface area contributed by atoms with Crippen molar-refractivity contribution < 1.29 is 0 Å². The van der Waals surface area contributed by atoms with E-state index in [4.69, 9.17) is 17.4 Å². The quantitative estimate of drug-likeness (QED) is 0.589. The average Bonchev–Trinajstić information content (AvgIpc) is 3.01. The number of hydrogen-bond acceptors (Lipinski definition) is 7. The Bertz CT molecular complexity index is 628. The van der Waals surface area contributed by atoms with E-state index in [1.54, 1.807) is 6.07 Å². The lowest BCUT2D eigenvalue weighted by Gasteiger charge is -2.16. The third kappa shape index (κ3) is 3.32. The Morgan fingerprint density at radius 3 is 2.57 bits per heavy atom. The van der Waals surface area contributed by atoms with Gasteiger partial charge >= 0.3 is 0 Å². The van der Waals surface area contributed by atoms with Crippen molar-refractivity contribution in [3.8, 4) is 0 Å². The first-order chi connectivity index (χ1) is 10.2. The smallest absolute Gasteiger partial charge is 0.243 e. The van der Waals surface area contributed by atoms with Gasteiger partial charge in [0.15, 0.2) is 0 Å². The van der Waals surface area contributed by atoms with Gasteiger partial charge in [-0.05, 0) is 31.0 Å². The van der Waals surface area contributed by atoms with Gasteiger partial charge in [-0.1, -0.05) is 17.7 Å². The standard InChI is InChI=1S/C13H16ClN7/c14-9-4-3-5-10(8-9)16-11-17-12(20-15)19-13(18-11)21-6-1-2-7-21/h3-5,8H,1-2,6-7,15H2,(H2,16,17,18,19,20). The van der Waals surface area contributed by atoms with Crippen LogP contribution in [-0.2, 0) is 0 Å². The summed E-state index contributed by atoms with van der Waals surface area (Å²) in [6, 6.07) is 7.36. The fraction of sp³-hybridized carbons (Fsp3) is 0.308. The van der Waals surface area contributed by atoms with Crippen LogP contribution in [-0.4, -0.2) is 28.0 Å². The van der Waals surface area contributed by atoms with Gasteiger partial charge in [0, 0.05) is 23.8 Å². The van der Waals surface area contributed by atoms with Gasteiger partial charge < -0.3 is 10.2 Å². The van der Waals surface area contributed by atoms with Crippen molar-refractivity contribution >= 4 is 35.1 Å². The average molecular weight is 306 g/mol. The summed E-state index contributed by atoms with van der Waals surface area (Å²) in [4.78, 5) is 15.1. The molecule has 1 aromatic heterocycles. The van der Waals surface area contributed by atoms with E-state index in [9.17, 15) is 0 Å².